The van der Waals surface area contributed by atoms with Crippen molar-refractivity contribution in [2.75, 3.05) is 27.2 Å². The van der Waals surface area contributed by atoms with Crippen LogP contribution in [-0.2, 0) is 44.7 Å². The van der Waals surface area contributed by atoms with Crippen LogP contribution in [0.15, 0.2) is 58.8 Å². The molecule has 124 valence electrons. The summed E-state index contributed by atoms with van der Waals surface area (Å²) in [6.07, 6.45) is 2.98. The van der Waals surface area contributed by atoms with E-state index in [1.807, 2.05) is 19.0 Å². The van der Waals surface area contributed by atoms with Gasteiger partial charge in [-0.25, -0.2) is 0 Å². The Labute approximate surface area is 160 Å². The molecule has 2 rings (SSSR count). The minimum absolute atomic E-state index is 0. The minimum Gasteiger partial charge on any atom is -0.705 e. The topological polar surface area (TPSA) is 71.7 Å². The summed E-state index contributed by atoms with van der Waals surface area (Å²) in [7, 11) is 3.85. The number of pyridine rings is 2. The molecule has 0 aliphatic carbocycles. The summed E-state index contributed by atoms with van der Waals surface area (Å²) in [6.45, 7) is 1.02. The van der Waals surface area contributed by atoms with Gasteiger partial charge in [0.25, 0.3) is 0 Å². The van der Waals surface area contributed by atoms with Crippen LogP contribution in [0.1, 0.15) is 0 Å². The number of aliphatic hydroxyl groups is 1. The summed E-state index contributed by atoms with van der Waals surface area (Å²) in [6, 6.07) is 10.3. The SMILES string of the molecule is CN(C)CCO.O[n+]1ccccc1[S-].O[n+]1ccccc1[S-].[Zn]. The van der Waals surface area contributed by atoms with Crippen LogP contribution in [0, 0.1) is 0 Å². The van der Waals surface area contributed by atoms with Gasteiger partial charge in [0, 0.05) is 38.2 Å². The number of nitrogens with zero attached hydrogens (tertiary/aromatic N) is 3. The van der Waals surface area contributed by atoms with Crippen LogP contribution < -0.4 is 9.46 Å². The molecule has 3 N–H and O–H groups in total. The van der Waals surface area contributed by atoms with Gasteiger partial charge in [-0.05, 0) is 35.7 Å². The van der Waals surface area contributed by atoms with Crippen LogP contribution in [0.25, 0.3) is 0 Å². The predicted molar refractivity (Wildman–Crippen MR) is 84.5 cm³/mol. The molecule has 0 spiro atoms. The van der Waals surface area contributed by atoms with Gasteiger partial charge in [0.15, 0.2) is 0 Å². The zero-order valence-corrected chi connectivity index (χ0v) is 17.8. The molecule has 2 aromatic heterocycles. The Kier molecular flexibility index (Phi) is 15.2. The maximum Gasteiger partial charge on any atom is 0.220 e. The van der Waals surface area contributed by atoms with Crippen molar-refractivity contribution >= 4 is 25.3 Å². The molecular weight excluding hydrogens is 388 g/mol. The van der Waals surface area contributed by atoms with Crippen molar-refractivity contribution in [3.63, 3.8) is 0 Å². The van der Waals surface area contributed by atoms with Gasteiger partial charge in [-0.3, -0.25) is 10.4 Å². The Morgan fingerprint density at radius 1 is 0.913 bits per heavy atom. The Bertz CT molecular complexity index is 463. The van der Waals surface area contributed by atoms with Gasteiger partial charge in [-0.1, -0.05) is 12.1 Å². The Hall–Kier alpha value is -1.12. The first-order chi connectivity index (χ1) is 10.4. The van der Waals surface area contributed by atoms with E-state index in [1.54, 1.807) is 36.4 Å². The molecule has 2 heterocycles. The summed E-state index contributed by atoms with van der Waals surface area (Å²) in [5.41, 5.74) is 0. The second-order valence-corrected chi connectivity index (χ2v) is 5.13. The first kappa shape index (κ1) is 24.1. The van der Waals surface area contributed by atoms with Crippen LogP contribution in [-0.4, -0.2) is 47.7 Å². The summed E-state index contributed by atoms with van der Waals surface area (Å²) in [4.78, 5) is 1.93. The summed E-state index contributed by atoms with van der Waals surface area (Å²) < 4.78 is 1.80. The smallest absolute Gasteiger partial charge is 0.220 e. The Morgan fingerprint density at radius 3 is 1.43 bits per heavy atom. The van der Waals surface area contributed by atoms with Crippen molar-refractivity contribution < 1.29 is 44.5 Å². The maximum atomic E-state index is 8.73. The molecule has 0 atom stereocenters. The van der Waals surface area contributed by atoms with E-state index in [0.29, 0.717) is 10.1 Å². The van der Waals surface area contributed by atoms with E-state index >= 15 is 0 Å². The summed E-state index contributed by atoms with van der Waals surface area (Å²) >= 11 is 9.33. The van der Waals surface area contributed by atoms with Crippen molar-refractivity contribution in [2.45, 2.75) is 10.1 Å². The van der Waals surface area contributed by atoms with E-state index in [1.165, 1.54) is 12.4 Å². The molecule has 0 unspecified atom stereocenters. The Morgan fingerprint density at radius 2 is 1.30 bits per heavy atom. The first-order valence-electron chi connectivity index (χ1n) is 6.38. The van der Waals surface area contributed by atoms with Crippen LogP contribution >= 0.6 is 0 Å². The number of hydrogen-bond donors (Lipinski definition) is 3. The third kappa shape index (κ3) is 13.1. The molecule has 0 aliphatic rings. The number of hydrogen-bond acceptors (Lipinski definition) is 6. The molecule has 0 saturated carbocycles. The fraction of sp³-hybridized carbons (Fsp3) is 0.286. The quantitative estimate of drug-likeness (QED) is 0.276. The molecular formula is C14H21N3O3S2Zn. The summed E-state index contributed by atoms with van der Waals surface area (Å²) in [5.74, 6) is 0. The van der Waals surface area contributed by atoms with Gasteiger partial charge in [0.2, 0.25) is 12.4 Å². The number of rotatable bonds is 2. The van der Waals surface area contributed by atoms with Gasteiger partial charge >= 0.3 is 0 Å². The molecule has 0 amide bonds. The van der Waals surface area contributed by atoms with Gasteiger partial charge in [0.05, 0.1) is 6.61 Å². The average molecular weight is 409 g/mol. The third-order valence-electron chi connectivity index (χ3n) is 2.15. The average Bonchev–Trinajstić information content (AvgIpc) is 2.47. The zero-order valence-electron chi connectivity index (χ0n) is 13.2. The van der Waals surface area contributed by atoms with Crippen molar-refractivity contribution in [1.82, 2.24) is 4.90 Å². The van der Waals surface area contributed by atoms with Crippen molar-refractivity contribution in [3.8, 4) is 0 Å². The molecule has 6 nitrogen and oxygen atoms in total. The van der Waals surface area contributed by atoms with E-state index in [4.69, 9.17) is 15.5 Å². The monoisotopic (exact) mass is 407 g/mol. The molecule has 23 heavy (non-hydrogen) atoms. The van der Waals surface area contributed by atoms with E-state index in [2.05, 4.69) is 25.3 Å². The molecule has 0 radical (unpaired) electrons. The minimum atomic E-state index is 0. The zero-order chi connectivity index (χ0) is 17.0. The number of aliphatic hydroxyl groups excluding tert-OH is 1. The van der Waals surface area contributed by atoms with Gasteiger partial charge < -0.3 is 35.3 Å². The van der Waals surface area contributed by atoms with E-state index in [9.17, 15) is 0 Å². The second-order valence-electron chi connectivity index (χ2n) is 4.29. The van der Waals surface area contributed by atoms with Crippen LogP contribution in [0.2, 0.25) is 0 Å². The Balaban J connectivity index is 0. The summed E-state index contributed by atoms with van der Waals surface area (Å²) in [5, 5.41) is 26.5. The van der Waals surface area contributed by atoms with E-state index < -0.39 is 0 Å². The standard InChI is InChI=1S/2C5H5NOS.C4H11NO.Zn/c2*7-6-4-2-1-3-5(6)8;1-5(2)3-4-6;/h2*1-4,7H;6H,3-4H2,1-2H3;. The molecule has 0 saturated heterocycles. The van der Waals surface area contributed by atoms with Gasteiger partial charge in [0.1, 0.15) is 10.1 Å². The van der Waals surface area contributed by atoms with Crippen LogP contribution in [0.4, 0.5) is 0 Å². The molecule has 9 heteroatoms. The third-order valence-corrected chi connectivity index (χ3v) is 2.80. The normalized spacial score (nSPS) is 8.87. The fourth-order valence-corrected chi connectivity index (χ4v) is 1.32. The predicted octanol–water partition coefficient (Wildman–Crippen LogP) is -0.228. The first-order valence-corrected chi connectivity index (χ1v) is 7.19. The van der Waals surface area contributed by atoms with Crippen molar-refractivity contribution in [3.05, 3.63) is 48.8 Å². The van der Waals surface area contributed by atoms with Gasteiger partial charge in [-0.2, -0.15) is 0 Å². The number of likely N-dealkylation sites (N-methyl/N-ethyl adjacent to an activating group) is 1. The fourth-order valence-electron chi connectivity index (χ4n) is 1.04. The van der Waals surface area contributed by atoms with Crippen LogP contribution in [0.3, 0.4) is 0 Å². The molecule has 0 aromatic carbocycles. The van der Waals surface area contributed by atoms with Crippen molar-refractivity contribution in [2.24, 2.45) is 0 Å². The van der Waals surface area contributed by atoms with Crippen LogP contribution in [0.5, 0.6) is 0 Å². The molecule has 0 bridgehead atoms. The molecule has 0 fully saturated rings. The van der Waals surface area contributed by atoms with E-state index in [0.717, 1.165) is 16.0 Å². The molecule has 2 aromatic rings. The number of aromatic nitrogens is 2. The second kappa shape index (κ2) is 14.5. The van der Waals surface area contributed by atoms with Gasteiger partial charge in [-0.15, -0.1) is 0 Å². The van der Waals surface area contributed by atoms with Crippen molar-refractivity contribution in [1.29, 1.82) is 0 Å². The maximum absolute atomic E-state index is 8.73. The van der Waals surface area contributed by atoms with E-state index in [-0.39, 0.29) is 26.1 Å². The molecule has 0 aliphatic heterocycles. The largest absolute Gasteiger partial charge is 0.705 e.